The average Bonchev–Trinajstić information content (AvgIpc) is 2.54. The highest BCUT2D eigenvalue weighted by molar-refractivity contribution is 8.00. The van der Waals surface area contributed by atoms with Crippen LogP contribution in [0.5, 0.6) is 0 Å². The van der Waals surface area contributed by atoms with Crippen LogP contribution >= 0.6 is 11.8 Å². The molecule has 132 valence electrons. The van der Waals surface area contributed by atoms with E-state index in [1.807, 2.05) is 0 Å². The van der Waals surface area contributed by atoms with Gasteiger partial charge in [0.25, 0.3) is 5.91 Å². The van der Waals surface area contributed by atoms with E-state index in [-0.39, 0.29) is 22.6 Å². The number of carbonyl (C=O) groups is 2. The third kappa shape index (κ3) is 5.05. The Morgan fingerprint density at radius 1 is 1.08 bits per heavy atom. The van der Waals surface area contributed by atoms with Crippen LogP contribution in [0.2, 0.25) is 0 Å². The molecule has 2 amide bonds. The van der Waals surface area contributed by atoms with Crippen molar-refractivity contribution in [2.75, 3.05) is 32.8 Å². The molecule has 0 aromatic heterocycles. The lowest BCUT2D eigenvalue weighted by Crippen LogP contribution is -2.50. The van der Waals surface area contributed by atoms with Gasteiger partial charge in [0.1, 0.15) is 0 Å². The van der Waals surface area contributed by atoms with E-state index in [1.54, 1.807) is 11.8 Å². The number of ether oxygens (including phenoxy) is 1. The number of piperazine rings is 1. The molecule has 5 nitrogen and oxygen atoms in total. The van der Waals surface area contributed by atoms with E-state index in [2.05, 4.69) is 0 Å². The molecule has 2 rings (SSSR count). The highest BCUT2D eigenvalue weighted by atomic mass is 32.2. The largest absolute Gasteiger partial charge is 0.450 e. The molecule has 24 heavy (non-hydrogen) atoms. The molecule has 9 heteroatoms. The van der Waals surface area contributed by atoms with E-state index < -0.39 is 11.6 Å². The Balaban J connectivity index is 1.92. The van der Waals surface area contributed by atoms with E-state index in [0.717, 1.165) is 0 Å². The lowest BCUT2D eigenvalue weighted by atomic mass is 10.2. The molecule has 1 aliphatic heterocycles. The van der Waals surface area contributed by atoms with Crippen LogP contribution in [0, 0.1) is 0 Å². The molecule has 1 aromatic carbocycles. The van der Waals surface area contributed by atoms with Crippen molar-refractivity contribution in [2.45, 2.75) is 17.3 Å². The molecular weight excluding hydrogens is 345 g/mol. The number of rotatable bonds is 3. The zero-order chi connectivity index (χ0) is 17.7. The highest BCUT2D eigenvalue weighted by Gasteiger charge is 2.29. The maximum Gasteiger partial charge on any atom is 0.446 e. The van der Waals surface area contributed by atoms with Crippen molar-refractivity contribution in [3.8, 4) is 0 Å². The topological polar surface area (TPSA) is 49.9 Å². The Morgan fingerprint density at radius 3 is 2.12 bits per heavy atom. The predicted octanol–water partition coefficient (Wildman–Crippen LogP) is 3.21. The van der Waals surface area contributed by atoms with Crippen molar-refractivity contribution in [1.29, 1.82) is 0 Å². The number of nitrogens with zero attached hydrogens (tertiary/aromatic N) is 2. The number of halogens is 3. The van der Waals surface area contributed by atoms with Gasteiger partial charge in [-0.25, -0.2) is 4.79 Å². The first-order chi connectivity index (χ1) is 11.3. The Morgan fingerprint density at radius 2 is 1.62 bits per heavy atom. The van der Waals surface area contributed by atoms with Crippen molar-refractivity contribution in [1.82, 2.24) is 9.80 Å². The first-order valence-electron chi connectivity index (χ1n) is 7.37. The average molecular weight is 362 g/mol. The summed E-state index contributed by atoms with van der Waals surface area (Å²) in [5.74, 6) is -0.262. The fraction of sp³-hybridized carbons (Fsp3) is 0.467. The number of hydrogen-bond acceptors (Lipinski definition) is 4. The quantitative estimate of drug-likeness (QED) is 0.775. The number of hydrogen-bond donors (Lipinski definition) is 0. The van der Waals surface area contributed by atoms with Gasteiger partial charge in [-0.1, -0.05) is 0 Å². The van der Waals surface area contributed by atoms with Crippen LogP contribution in [0.3, 0.4) is 0 Å². The summed E-state index contributed by atoms with van der Waals surface area (Å²) in [4.78, 5) is 27.1. The van der Waals surface area contributed by atoms with E-state index >= 15 is 0 Å². The normalized spacial score (nSPS) is 15.3. The van der Waals surface area contributed by atoms with Crippen molar-refractivity contribution >= 4 is 23.8 Å². The zero-order valence-corrected chi connectivity index (χ0v) is 13.8. The molecule has 1 aliphatic rings. The molecule has 0 radical (unpaired) electrons. The molecular formula is C15H17F3N2O3S. The van der Waals surface area contributed by atoms with Gasteiger partial charge < -0.3 is 14.5 Å². The first-order valence-corrected chi connectivity index (χ1v) is 8.18. The summed E-state index contributed by atoms with van der Waals surface area (Å²) in [6, 6.07) is 5.32. The van der Waals surface area contributed by atoms with E-state index in [1.165, 1.54) is 29.2 Å². The summed E-state index contributed by atoms with van der Waals surface area (Å²) in [5, 5.41) is 0. The van der Waals surface area contributed by atoms with Crippen LogP contribution in [0.4, 0.5) is 18.0 Å². The van der Waals surface area contributed by atoms with Crippen molar-refractivity contribution in [3.63, 3.8) is 0 Å². The second-order valence-electron chi connectivity index (χ2n) is 5.05. The molecule has 0 saturated carbocycles. The minimum atomic E-state index is -4.35. The zero-order valence-electron chi connectivity index (χ0n) is 13.0. The molecule has 0 unspecified atom stereocenters. The number of thioether (sulfide) groups is 1. The molecule has 0 spiro atoms. The minimum absolute atomic E-state index is 0.0335. The maximum absolute atomic E-state index is 12.4. The van der Waals surface area contributed by atoms with Gasteiger partial charge >= 0.3 is 11.6 Å². The SMILES string of the molecule is CCOC(=O)N1CCN(C(=O)c2ccc(SC(F)(F)F)cc2)CC1. The number of alkyl halides is 3. The summed E-state index contributed by atoms with van der Waals surface area (Å²) < 4.78 is 41.8. The lowest BCUT2D eigenvalue weighted by Gasteiger charge is -2.34. The Hall–Kier alpha value is -1.90. The van der Waals surface area contributed by atoms with Gasteiger partial charge in [-0.15, -0.1) is 0 Å². The summed E-state index contributed by atoms with van der Waals surface area (Å²) in [6.07, 6.45) is -0.405. The summed E-state index contributed by atoms with van der Waals surface area (Å²) >= 11 is -0.218. The monoisotopic (exact) mass is 362 g/mol. The Kier molecular flexibility index (Phi) is 5.98. The minimum Gasteiger partial charge on any atom is -0.450 e. The molecule has 1 saturated heterocycles. The highest BCUT2D eigenvalue weighted by Crippen LogP contribution is 2.36. The molecule has 0 aliphatic carbocycles. The lowest BCUT2D eigenvalue weighted by molar-refractivity contribution is -0.0328. The molecule has 0 N–H and O–H groups in total. The van der Waals surface area contributed by atoms with Crippen LogP contribution < -0.4 is 0 Å². The maximum atomic E-state index is 12.4. The predicted molar refractivity (Wildman–Crippen MR) is 82.9 cm³/mol. The third-order valence-corrected chi connectivity index (χ3v) is 4.17. The molecule has 0 bridgehead atoms. The first kappa shape index (κ1) is 18.4. The standard InChI is InChI=1S/C15H17F3N2O3S/c1-2-23-14(22)20-9-7-19(8-10-20)13(21)11-3-5-12(6-4-11)24-15(16,17)18/h3-6H,2,7-10H2,1H3. The second kappa shape index (κ2) is 7.78. The van der Waals surface area contributed by atoms with Gasteiger partial charge in [-0.3, -0.25) is 4.79 Å². The van der Waals surface area contributed by atoms with Gasteiger partial charge in [0.05, 0.1) is 6.61 Å². The number of amides is 2. The van der Waals surface area contributed by atoms with Gasteiger partial charge in [0.2, 0.25) is 0 Å². The molecule has 1 aromatic rings. The van der Waals surface area contributed by atoms with Crippen LogP contribution in [-0.4, -0.2) is 60.1 Å². The van der Waals surface area contributed by atoms with Crippen molar-refractivity contribution in [3.05, 3.63) is 29.8 Å². The van der Waals surface area contributed by atoms with E-state index in [4.69, 9.17) is 4.74 Å². The molecule has 1 fully saturated rings. The van der Waals surface area contributed by atoms with Gasteiger partial charge in [0.15, 0.2) is 0 Å². The molecule has 1 heterocycles. The van der Waals surface area contributed by atoms with E-state index in [0.29, 0.717) is 38.3 Å². The summed E-state index contributed by atoms with van der Waals surface area (Å²) in [6.45, 7) is 3.46. The summed E-state index contributed by atoms with van der Waals surface area (Å²) in [5.41, 5.74) is -4.03. The van der Waals surface area contributed by atoms with Gasteiger partial charge in [-0.05, 0) is 43.0 Å². The van der Waals surface area contributed by atoms with Crippen molar-refractivity contribution in [2.24, 2.45) is 0 Å². The van der Waals surface area contributed by atoms with Crippen LogP contribution in [0.25, 0.3) is 0 Å². The summed E-state index contributed by atoms with van der Waals surface area (Å²) in [7, 11) is 0. The third-order valence-electron chi connectivity index (χ3n) is 3.43. The number of benzene rings is 1. The van der Waals surface area contributed by atoms with Gasteiger partial charge in [-0.2, -0.15) is 13.2 Å². The van der Waals surface area contributed by atoms with Gasteiger partial charge in [0, 0.05) is 36.6 Å². The van der Waals surface area contributed by atoms with Crippen LogP contribution in [0.15, 0.2) is 29.2 Å². The molecule has 0 atom stereocenters. The van der Waals surface area contributed by atoms with Crippen LogP contribution in [0.1, 0.15) is 17.3 Å². The second-order valence-corrected chi connectivity index (χ2v) is 6.19. The fourth-order valence-electron chi connectivity index (χ4n) is 2.29. The Labute approximate surface area is 141 Å². The number of carbonyl (C=O) groups excluding carboxylic acids is 2. The van der Waals surface area contributed by atoms with E-state index in [9.17, 15) is 22.8 Å². The van der Waals surface area contributed by atoms with Crippen LogP contribution in [-0.2, 0) is 4.74 Å². The van der Waals surface area contributed by atoms with Crippen molar-refractivity contribution < 1.29 is 27.5 Å². The Bertz CT molecular complexity index is 585. The fourth-order valence-corrected chi connectivity index (χ4v) is 2.83. The smallest absolute Gasteiger partial charge is 0.446 e.